The number of thioether (sulfide) groups is 2. The molecule has 0 aromatic rings. The second-order valence-electron chi connectivity index (χ2n) is 4.48. The highest BCUT2D eigenvalue weighted by Crippen LogP contribution is 2.53. The van der Waals surface area contributed by atoms with E-state index in [4.69, 9.17) is 0 Å². The average molecular weight is 258 g/mol. The first-order chi connectivity index (χ1) is 7.72. The van der Waals surface area contributed by atoms with E-state index in [9.17, 15) is 9.90 Å². The van der Waals surface area contributed by atoms with Crippen molar-refractivity contribution in [3.8, 4) is 0 Å². The molecule has 16 heavy (non-hydrogen) atoms. The minimum Gasteiger partial charge on any atom is -0.396 e. The van der Waals surface area contributed by atoms with Crippen LogP contribution in [0.15, 0.2) is 12.7 Å². The Balaban J connectivity index is 2.08. The summed E-state index contributed by atoms with van der Waals surface area (Å²) in [4.78, 5) is 12.1. The number of ketones is 1. The molecule has 4 heteroatoms. The van der Waals surface area contributed by atoms with Crippen LogP contribution in [-0.4, -0.2) is 33.1 Å². The Morgan fingerprint density at radius 3 is 2.81 bits per heavy atom. The van der Waals surface area contributed by atoms with Crippen molar-refractivity contribution < 1.29 is 9.90 Å². The molecule has 1 heterocycles. The van der Waals surface area contributed by atoms with Gasteiger partial charge in [-0.25, -0.2) is 0 Å². The fourth-order valence-electron chi connectivity index (χ4n) is 2.50. The molecule has 2 nitrogen and oxygen atoms in total. The maximum absolute atomic E-state index is 12.1. The number of hydrogen-bond acceptors (Lipinski definition) is 4. The van der Waals surface area contributed by atoms with Gasteiger partial charge in [-0.15, -0.1) is 30.1 Å². The lowest BCUT2D eigenvalue weighted by molar-refractivity contribution is -0.117. The van der Waals surface area contributed by atoms with Crippen molar-refractivity contribution in [3.63, 3.8) is 0 Å². The van der Waals surface area contributed by atoms with Crippen molar-refractivity contribution in [2.75, 3.05) is 18.1 Å². The minimum absolute atomic E-state index is 0.0893. The van der Waals surface area contributed by atoms with E-state index >= 15 is 0 Å². The molecule has 0 unspecified atom stereocenters. The topological polar surface area (TPSA) is 37.3 Å². The van der Waals surface area contributed by atoms with Gasteiger partial charge in [0, 0.05) is 18.9 Å². The third-order valence-electron chi connectivity index (χ3n) is 3.48. The number of carbonyl (C=O) groups is 1. The summed E-state index contributed by atoms with van der Waals surface area (Å²) < 4.78 is -0.181. The zero-order chi connectivity index (χ0) is 11.6. The first kappa shape index (κ1) is 12.5. The zero-order valence-corrected chi connectivity index (χ0v) is 11.0. The molecular formula is C12H18O2S2. The van der Waals surface area contributed by atoms with Gasteiger partial charge in [0.15, 0.2) is 5.78 Å². The molecule has 1 aliphatic carbocycles. The summed E-state index contributed by atoms with van der Waals surface area (Å²) in [5.41, 5.74) is 0. The fourth-order valence-corrected chi connectivity index (χ4v) is 5.90. The van der Waals surface area contributed by atoms with E-state index in [-0.39, 0.29) is 16.6 Å². The van der Waals surface area contributed by atoms with Crippen molar-refractivity contribution in [2.24, 2.45) is 11.8 Å². The van der Waals surface area contributed by atoms with Crippen LogP contribution in [0.25, 0.3) is 0 Å². The molecule has 2 fully saturated rings. The normalized spacial score (nSPS) is 30.6. The lowest BCUT2D eigenvalue weighted by Crippen LogP contribution is -2.29. The van der Waals surface area contributed by atoms with Crippen LogP contribution < -0.4 is 0 Å². The summed E-state index contributed by atoms with van der Waals surface area (Å²) in [6.07, 6.45) is 4.55. The number of carbonyl (C=O) groups excluding carboxylic acids is 1. The quantitative estimate of drug-likeness (QED) is 0.788. The smallest absolute Gasteiger partial charge is 0.159 e. The Hall–Kier alpha value is 0.0700. The summed E-state index contributed by atoms with van der Waals surface area (Å²) in [5, 5.41) is 9.26. The van der Waals surface area contributed by atoms with Gasteiger partial charge in [0.25, 0.3) is 0 Å². The van der Waals surface area contributed by atoms with Crippen molar-refractivity contribution in [3.05, 3.63) is 12.7 Å². The summed E-state index contributed by atoms with van der Waals surface area (Å²) >= 11 is 3.64. The molecular weight excluding hydrogens is 240 g/mol. The molecule has 1 N–H and O–H groups in total. The molecule has 0 bridgehead atoms. The SMILES string of the molecule is C=C[C@@H](CO)[C@@H]1CC(=O)C2(C1)SCCCS2. The van der Waals surface area contributed by atoms with Crippen molar-refractivity contribution in [2.45, 2.75) is 23.3 Å². The predicted molar refractivity (Wildman–Crippen MR) is 70.8 cm³/mol. The summed E-state index contributed by atoms with van der Waals surface area (Å²) in [5.74, 6) is 2.97. The number of hydrogen-bond donors (Lipinski definition) is 1. The third-order valence-corrected chi connectivity index (χ3v) is 6.90. The zero-order valence-electron chi connectivity index (χ0n) is 9.35. The van der Waals surface area contributed by atoms with Gasteiger partial charge in [0.2, 0.25) is 0 Å². The van der Waals surface area contributed by atoms with E-state index in [1.165, 1.54) is 6.42 Å². The van der Waals surface area contributed by atoms with Crippen LogP contribution in [0.3, 0.4) is 0 Å². The summed E-state index contributed by atoms with van der Waals surface area (Å²) in [6.45, 7) is 3.87. The maximum atomic E-state index is 12.1. The van der Waals surface area contributed by atoms with Crippen LogP contribution in [0.5, 0.6) is 0 Å². The van der Waals surface area contributed by atoms with Gasteiger partial charge in [-0.05, 0) is 30.3 Å². The molecule has 90 valence electrons. The highest BCUT2D eigenvalue weighted by Gasteiger charge is 2.49. The van der Waals surface area contributed by atoms with E-state index in [1.807, 2.05) is 23.5 Å². The Morgan fingerprint density at radius 1 is 1.56 bits per heavy atom. The van der Waals surface area contributed by atoms with Crippen LogP contribution in [0.1, 0.15) is 19.3 Å². The van der Waals surface area contributed by atoms with E-state index in [0.29, 0.717) is 18.1 Å². The molecule has 2 aliphatic rings. The molecule has 0 aromatic carbocycles. The maximum Gasteiger partial charge on any atom is 0.159 e. The lowest BCUT2D eigenvalue weighted by Gasteiger charge is -2.31. The van der Waals surface area contributed by atoms with Crippen LogP contribution >= 0.6 is 23.5 Å². The number of rotatable bonds is 3. The fraction of sp³-hybridized carbons (Fsp3) is 0.750. The molecule has 1 spiro atoms. The van der Waals surface area contributed by atoms with E-state index in [1.54, 1.807) is 6.08 Å². The molecule has 1 saturated carbocycles. The molecule has 0 amide bonds. The van der Waals surface area contributed by atoms with Crippen molar-refractivity contribution >= 4 is 29.3 Å². The van der Waals surface area contributed by atoms with E-state index < -0.39 is 0 Å². The van der Waals surface area contributed by atoms with Gasteiger partial charge in [-0.3, -0.25) is 4.79 Å². The first-order valence-electron chi connectivity index (χ1n) is 5.76. The number of aliphatic hydroxyl groups excluding tert-OH is 1. The van der Waals surface area contributed by atoms with Gasteiger partial charge in [-0.2, -0.15) is 0 Å². The highest BCUT2D eigenvalue weighted by atomic mass is 32.2. The second kappa shape index (κ2) is 5.15. The van der Waals surface area contributed by atoms with Gasteiger partial charge >= 0.3 is 0 Å². The predicted octanol–water partition coefficient (Wildman–Crippen LogP) is 2.33. The molecule has 2 rings (SSSR count). The third kappa shape index (κ3) is 2.20. The second-order valence-corrected chi connectivity index (χ2v) is 7.52. The largest absolute Gasteiger partial charge is 0.396 e. The van der Waals surface area contributed by atoms with Gasteiger partial charge in [0.05, 0.1) is 0 Å². The Morgan fingerprint density at radius 2 is 2.25 bits per heavy atom. The lowest BCUT2D eigenvalue weighted by atomic mass is 9.92. The average Bonchev–Trinajstić information content (AvgIpc) is 2.59. The van der Waals surface area contributed by atoms with Crippen LogP contribution in [0.2, 0.25) is 0 Å². The summed E-state index contributed by atoms with van der Waals surface area (Å²) in [6, 6.07) is 0. The minimum atomic E-state index is -0.181. The van der Waals surface area contributed by atoms with E-state index in [0.717, 1.165) is 17.9 Å². The standard InChI is InChI=1S/C12H18O2S2/c1-2-9(8-13)10-6-11(14)12(7-10)15-4-3-5-16-12/h2,9-10,13H,1,3-8H2/t9-,10+/m0/s1. The Kier molecular flexibility index (Phi) is 4.03. The molecule has 0 aromatic heterocycles. The Labute approximate surface area is 105 Å². The molecule has 1 aliphatic heterocycles. The molecule has 2 atom stereocenters. The first-order valence-corrected chi connectivity index (χ1v) is 7.73. The monoisotopic (exact) mass is 258 g/mol. The van der Waals surface area contributed by atoms with Crippen LogP contribution in [-0.2, 0) is 4.79 Å². The van der Waals surface area contributed by atoms with Gasteiger partial charge in [0.1, 0.15) is 4.08 Å². The number of Topliss-reactive ketones (excluding diaryl/α,β-unsaturated/α-hetero) is 1. The van der Waals surface area contributed by atoms with Crippen LogP contribution in [0, 0.1) is 11.8 Å². The highest BCUT2D eigenvalue weighted by molar-refractivity contribution is 8.19. The van der Waals surface area contributed by atoms with Gasteiger partial charge in [-0.1, -0.05) is 6.08 Å². The van der Waals surface area contributed by atoms with E-state index in [2.05, 4.69) is 6.58 Å². The van der Waals surface area contributed by atoms with Crippen LogP contribution in [0.4, 0.5) is 0 Å². The van der Waals surface area contributed by atoms with Crippen molar-refractivity contribution in [1.29, 1.82) is 0 Å². The van der Waals surface area contributed by atoms with Crippen molar-refractivity contribution in [1.82, 2.24) is 0 Å². The summed E-state index contributed by atoms with van der Waals surface area (Å²) in [7, 11) is 0. The molecule has 0 radical (unpaired) electrons. The Bertz CT molecular complexity index is 285. The van der Waals surface area contributed by atoms with Gasteiger partial charge < -0.3 is 5.11 Å². The number of aliphatic hydroxyl groups is 1. The molecule has 1 saturated heterocycles.